The molecule has 1 rings (SSSR count). The van der Waals surface area contributed by atoms with Crippen LogP contribution in [0.2, 0.25) is 0 Å². The molecule has 0 aliphatic rings. The molecule has 3 N–H and O–H groups in total. The standard InChI is InChI=1S/C13H16N2O3S/c1-3-4-5-8-15-13(16)12-7-6-11(9-10(12)2)19(14,17)18/h6-7,9H,5,8H2,1-2H3,(H,15,16)(H2,14,17,18). The maximum Gasteiger partial charge on any atom is 0.251 e. The quantitative estimate of drug-likeness (QED) is 0.631. The zero-order chi connectivity index (χ0) is 14.5. The van der Waals surface area contributed by atoms with Crippen molar-refractivity contribution in [2.75, 3.05) is 6.54 Å². The fourth-order valence-electron chi connectivity index (χ4n) is 1.53. The van der Waals surface area contributed by atoms with Gasteiger partial charge in [-0.25, -0.2) is 13.6 Å². The van der Waals surface area contributed by atoms with Crippen LogP contribution in [0.3, 0.4) is 0 Å². The van der Waals surface area contributed by atoms with E-state index in [4.69, 9.17) is 5.14 Å². The normalized spacial score (nSPS) is 10.5. The Morgan fingerprint density at radius 2 is 2.11 bits per heavy atom. The van der Waals surface area contributed by atoms with Crippen LogP contribution in [0.5, 0.6) is 0 Å². The van der Waals surface area contributed by atoms with E-state index in [0.717, 1.165) is 0 Å². The van der Waals surface area contributed by atoms with Crippen molar-refractivity contribution in [3.63, 3.8) is 0 Å². The molecule has 1 aromatic rings. The van der Waals surface area contributed by atoms with Crippen molar-refractivity contribution in [2.24, 2.45) is 5.14 Å². The molecule has 19 heavy (non-hydrogen) atoms. The number of hydrogen-bond acceptors (Lipinski definition) is 3. The van der Waals surface area contributed by atoms with E-state index in [1.807, 2.05) is 0 Å². The Balaban J connectivity index is 2.84. The van der Waals surface area contributed by atoms with Crippen LogP contribution in [0.15, 0.2) is 23.1 Å². The summed E-state index contributed by atoms with van der Waals surface area (Å²) in [5.41, 5.74) is 0.988. The average Bonchev–Trinajstić information content (AvgIpc) is 2.33. The lowest BCUT2D eigenvalue weighted by Gasteiger charge is -2.07. The summed E-state index contributed by atoms with van der Waals surface area (Å²) < 4.78 is 22.3. The van der Waals surface area contributed by atoms with Gasteiger partial charge in [0.1, 0.15) is 0 Å². The van der Waals surface area contributed by atoms with E-state index in [2.05, 4.69) is 17.2 Å². The van der Waals surface area contributed by atoms with Crippen LogP contribution in [0.25, 0.3) is 0 Å². The molecule has 1 amide bonds. The van der Waals surface area contributed by atoms with Gasteiger partial charge in [0.05, 0.1) is 4.90 Å². The number of hydrogen-bond donors (Lipinski definition) is 2. The summed E-state index contributed by atoms with van der Waals surface area (Å²) in [5, 5.41) is 7.73. The molecule has 0 atom stereocenters. The molecule has 0 radical (unpaired) electrons. The Morgan fingerprint density at radius 3 is 2.63 bits per heavy atom. The average molecular weight is 280 g/mol. The highest BCUT2D eigenvalue weighted by molar-refractivity contribution is 7.89. The maximum atomic E-state index is 11.8. The molecule has 0 spiro atoms. The van der Waals surface area contributed by atoms with Gasteiger partial charge < -0.3 is 5.32 Å². The number of primary sulfonamides is 1. The predicted molar refractivity (Wildman–Crippen MR) is 73.0 cm³/mol. The fourth-order valence-corrected chi connectivity index (χ4v) is 2.13. The molecule has 0 aromatic heterocycles. The Labute approximate surface area is 113 Å². The van der Waals surface area contributed by atoms with Crippen molar-refractivity contribution in [2.45, 2.75) is 25.2 Å². The summed E-state index contributed by atoms with van der Waals surface area (Å²) in [6, 6.07) is 4.16. The first-order chi connectivity index (χ1) is 8.86. The SMILES string of the molecule is CC#CCCNC(=O)c1ccc(S(N)(=O)=O)cc1C. The fraction of sp³-hybridized carbons (Fsp3) is 0.308. The summed E-state index contributed by atoms with van der Waals surface area (Å²) in [4.78, 5) is 11.8. The van der Waals surface area contributed by atoms with Crippen LogP contribution in [-0.4, -0.2) is 20.9 Å². The van der Waals surface area contributed by atoms with Gasteiger partial charge in [-0.15, -0.1) is 11.8 Å². The van der Waals surface area contributed by atoms with Crippen molar-refractivity contribution in [3.8, 4) is 11.8 Å². The lowest BCUT2D eigenvalue weighted by atomic mass is 10.1. The molecule has 0 aliphatic heterocycles. The number of rotatable bonds is 4. The molecular formula is C13H16N2O3S. The second kappa shape index (κ2) is 6.36. The van der Waals surface area contributed by atoms with Crippen LogP contribution in [0.4, 0.5) is 0 Å². The predicted octanol–water partition coefficient (Wildman–Crippen LogP) is 0.786. The Kier molecular flexibility index (Phi) is 5.10. The highest BCUT2D eigenvalue weighted by Crippen LogP contribution is 2.14. The van der Waals surface area contributed by atoms with Gasteiger partial charge in [-0.05, 0) is 37.6 Å². The molecule has 1 aromatic carbocycles. The van der Waals surface area contributed by atoms with E-state index < -0.39 is 10.0 Å². The number of carbonyl (C=O) groups is 1. The largest absolute Gasteiger partial charge is 0.351 e. The number of aryl methyl sites for hydroxylation is 1. The van der Waals surface area contributed by atoms with Gasteiger partial charge in [0.15, 0.2) is 0 Å². The number of nitrogens with two attached hydrogens (primary N) is 1. The topological polar surface area (TPSA) is 89.3 Å². The number of sulfonamides is 1. The first kappa shape index (κ1) is 15.2. The second-order valence-corrected chi connectivity index (χ2v) is 5.52. The molecule has 5 nitrogen and oxygen atoms in total. The third kappa shape index (κ3) is 4.39. The van der Waals surface area contributed by atoms with E-state index in [1.165, 1.54) is 18.2 Å². The molecule has 0 unspecified atom stereocenters. The van der Waals surface area contributed by atoms with Gasteiger partial charge in [0, 0.05) is 18.5 Å². The minimum Gasteiger partial charge on any atom is -0.351 e. The van der Waals surface area contributed by atoms with Crippen molar-refractivity contribution in [3.05, 3.63) is 29.3 Å². The minimum atomic E-state index is -3.74. The molecule has 0 fully saturated rings. The van der Waals surface area contributed by atoms with Crippen molar-refractivity contribution in [1.29, 1.82) is 0 Å². The van der Waals surface area contributed by atoms with Gasteiger partial charge >= 0.3 is 0 Å². The summed E-state index contributed by atoms with van der Waals surface area (Å²) >= 11 is 0. The summed E-state index contributed by atoms with van der Waals surface area (Å²) in [6.45, 7) is 3.85. The Morgan fingerprint density at radius 1 is 1.42 bits per heavy atom. The number of amides is 1. The van der Waals surface area contributed by atoms with Crippen molar-refractivity contribution < 1.29 is 13.2 Å². The monoisotopic (exact) mass is 280 g/mol. The van der Waals surface area contributed by atoms with E-state index >= 15 is 0 Å². The maximum absolute atomic E-state index is 11.8. The smallest absolute Gasteiger partial charge is 0.251 e. The molecule has 6 heteroatoms. The minimum absolute atomic E-state index is 0.00148. The highest BCUT2D eigenvalue weighted by Gasteiger charge is 2.13. The van der Waals surface area contributed by atoms with Crippen LogP contribution in [0, 0.1) is 18.8 Å². The zero-order valence-electron chi connectivity index (χ0n) is 10.9. The van der Waals surface area contributed by atoms with Gasteiger partial charge in [-0.3, -0.25) is 4.79 Å². The third-order valence-corrected chi connectivity index (χ3v) is 3.39. The molecule has 102 valence electrons. The molecular weight excluding hydrogens is 264 g/mol. The highest BCUT2D eigenvalue weighted by atomic mass is 32.2. The second-order valence-electron chi connectivity index (χ2n) is 3.95. The third-order valence-electron chi connectivity index (χ3n) is 2.48. The molecule has 0 aliphatic carbocycles. The zero-order valence-corrected chi connectivity index (χ0v) is 11.7. The van der Waals surface area contributed by atoms with Crippen LogP contribution in [-0.2, 0) is 10.0 Å². The van der Waals surface area contributed by atoms with Crippen LogP contribution < -0.4 is 10.5 Å². The molecule has 0 heterocycles. The van der Waals surface area contributed by atoms with Gasteiger partial charge in [0.2, 0.25) is 10.0 Å². The number of nitrogens with one attached hydrogen (secondary N) is 1. The number of benzene rings is 1. The van der Waals surface area contributed by atoms with Crippen molar-refractivity contribution in [1.82, 2.24) is 5.32 Å². The summed E-state index contributed by atoms with van der Waals surface area (Å²) in [7, 11) is -3.74. The molecule has 0 saturated carbocycles. The van der Waals surface area contributed by atoms with Crippen LogP contribution in [0.1, 0.15) is 29.3 Å². The first-order valence-electron chi connectivity index (χ1n) is 5.67. The van der Waals surface area contributed by atoms with E-state index in [9.17, 15) is 13.2 Å². The lowest BCUT2D eigenvalue weighted by Crippen LogP contribution is -2.25. The molecule has 0 bridgehead atoms. The number of carbonyl (C=O) groups excluding carboxylic acids is 1. The van der Waals surface area contributed by atoms with Gasteiger partial charge in [-0.1, -0.05) is 0 Å². The molecule has 0 saturated heterocycles. The first-order valence-corrected chi connectivity index (χ1v) is 7.22. The van der Waals surface area contributed by atoms with Crippen LogP contribution >= 0.6 is 0 Å². The summed E-state index contributed by atoms with van der Waals surface area (Å²) in [6.07, 6.45) is 0.580. The van der Waals surface area contributed by atoms with Gasteiger partial charge in [-0.2, -0.15) is 0 Å². The van der Waals surface area contributed by atoms with E-state index in [1.54, 1.807) is 13.8 Å². The summed E-state index contributed by atoms with van der Waals surface area (Å²) in [5.74, 6) is 5.32. The lowest BCUT2D eigenvalue weighted by molar-refractivity contribution is 0.0954. The van der Waals surface area contributed by atoms with Crippen molar-refractivity contribution >= 4 is 15.9 Å². The van der Waals surface area contributed by atoms with E-state index in [-0.39, 0.29) is 10.8 Å². The Bertz CT molecular complexity index is 640. The van der Waals surface area contributed by atoms with Gasteiger partial charge in [0.25, 0.3) is 5.91 Å². The van der Waals surface area contributed by atoms with E-state index in [0.29, 0.717) is 24.1 Å². The Hall–Kier alpha value is -1.84.